The highest BCUT2D eigenvalue weighted by Gasteiger charge is 2.22. The number of carbonyl (C=O) groups excluding carboxylic acids is 1. The molecule has 1 fully saturated rings. The summed E-state index contributed by atoms with van der Waals surface area (Å²) < 4.78 is 2.97. The van der Waals surface area contributed by atoms with E-state index in [1.165, 1.54) is 56.0 Å². The van der Waals surface area contributed by atoms with E-state index >= 15 is 0 Å². The maximum atomic E-state index is 12.8. The van der Waals surface area contributed by atoms with Crippen LogP contribution in [-0.4, -0.2) is 44.8 Å². The average molecular weight is 542 g/mol. The van der Waals surface area contributed by atoms with Gasteiger partial charge in [0.05, 0.1) is 5.69 Å². The summed E-state index contributed by atoms with van der Waals surface area (Å²) in [5.74, 6) is -1.38. The molecule has 0 bridgehead atoms. The van der Waals surface area contributed by atoms with Gasteiger partial charge in [-0.05, 0) is 66.5 Å². The molecular formula is C21H26Br2N4O3. The molecule has 2 N–H and O–H groups in total. The lowest BCUT2D eigenvalue weighted by Crippen LogP contribution is -2.33. The van der Waals surface area contributed by atoms with Gasteiger partial charge in [-0.3, -0.25) is 14.4 Å². The minimum absolute atomic E-state index is 0.171. The highest BCUT2D eigenvalue weighted by Crippen LogP contribution is 2.33. The SMILES string of the molecule is CC(C(=O)O)n1ccc(C(=O)Nc2c(Br)cc(Br)cc2CN(C)C2CCCCC2)n1. The smallest absolute Gasteiger partial charge is 0.328 e. The largest absolute Gasteiger partial charge is 0.480 e. The summed E-state index contributed by atoms with van der Waals surface area (Å²) in [6.07, 6.45) is 7.73. The Bertz CT molecular complexity index is 925. The van der Waals surface area contributed by atoms with Crippen molar-refractivity contribution in [3.05, 3.63) is 44.6 Å². The average Bonchev–Trinajstić information content (AvgIpc) is 3.20. The second-order valence-corrected chi connectivity index (χ2v) is 9.55. The van der Waals surface area contributed by atoms with E-state index in [4.69, 9.17) is 5.11 Å². The number of anilines is 1. The van der Waals surface area contributed by atoms with Crippen molar-refractivity contribution in [3.8, 4) is 0 Å². The van der Waals surface area contributed by atoms with Crippen molar-refractivity contribution in [3.63, 3.8) is 0 Å². The standard InChI is InChI=1S/C21H26Br2N4O3/c1-13(21(29)30)27-9-8-18(25-27)20(28)24-19-14(10-15(22)11-17(19)23)12-26(2)16-6-4-3-5-7-16/h8-11,13,16H,3-7,12H2,1-2H3,(H,24,28)(H,29,30). The third-order valence-corrected chi connectivity index (χ3v) is 6.67. The van der Waals surface area contributed by atoms with Crippen molar-refractivity contribution in [2.45, 2.75) is 57.7 Å². The number of hydrogen-bond donors (Lipinski definition) is 2. The van der Waals surface area contributed by atoms with Crippen molar-refractivity contribution < 1.29 is 14.7 Å². The lowest BCUT2D eigenvalue weighted by Gasteiger charge is -2.31. The molecule has 162 valence electrons. The van der Waals surface area contributed by atoms with Gasteiger partial charge in [0.2, 0.25) is 0 Å². The van der Waals surface area contributed by atoms with Crippen LogP contribution in [0.4, 0.5) is 5.69 Å². The Morgan fingerprint density at radius 1 is 1.30 bits per heavy atom. The summed E-state index contributed by atoms with van der Waals surface area (Å²) in [7, 11) is 2.13. The zero-order chi connectivity index (χ0) is 21.8. The number of carboxylic acids is 1. The zero-order valence-corrected chi connectivity index (χ0v) is 20.2. The first-order valence-electron chi connectivity index (χ1n) is 10.0. The Morgan fingerprint density at radius 2 is 2.00 bits per heavy atom. The van der Waals surface area contributed by atoms with Gasteiger partial charge in [-0.25, -0.2) is 4.79 Å². The molecule has 1 saturated carbocycles. The van der Waals surface area contributed by atoms with E-state index in [2.05, 4.69) is 54.2 Å². The van der Waals surface area contributed by atoms with Gasteiger partial charge in [0, 0.05) is 27.7 Å². The molecule has 1 amide bonds. The zero-order valence-electron chi connectivity index (χ0n) is 17.1. The number of rotatable bonds is 7. The first-order valence-corrected chi connectivity index (χ1v) is 11.6. The first kappa shape index (κ1) is 23.0. The molecule has 0 aliphatic heterocycles. The van der Waals surface area contributed by atoms with Crippen LogP contribution < -0.4 is 5.32 Å². The van der Waals surface area contributed by atoms with Crippen LogP contribution in [0.3, 0.4) is 0 Å². The number of carboxylic acid groups (broad SMARTS) is 1. The Morgan fingerprint density at radius 3 is 2.67 bits per heavy atom. The quantitative estimate of drug-likeness (QED) is 0.511. The number of halogens is 2. The summed E-state index contributed by atoms with van der Waals surface area (Å²) in [5, 5.41) is 16.2. The van der Waals surface area contributed by atoms with Gasteiger partial charge in [0.15, 0.2) is 5.69 Å². The van der Waals surface area contributed by atoms with Gasteiger partial charge in [-0.15, -0.1) is 0 Å². The van der Waals surface area contributed by atoms with Crippen LogP contribution in [0.1, 0.15) is 61.1 Å². The third kappa shape index (κ3) is 5.50. The van der Waals surface area contributed by atoms with Crippen LogP contribution in [-0.2, 0) is 11.3 Å². The lowest BCUT2D eigenvalue weighted by atomic mass is 9.94. The normalized spacial score (nSPS) is 15.9. The van der Waals surface area contributed by atoms with Gasteiger partial charge in [0.1, 0.15) is 6.04 Å². The molecule has 1 aliphatic rings. The summed E-state index contributed by atoms with van der Waals surface area (Å²) in [4.78, 5) is 26.3. The van der Waals surface area contributed by atoms with E-state index in [-0.39, 0.29) is 11.6 Å². The topological polar surface area (TPSA) is 87.5 Å². The van der Waals surface area contributed by atoms with Gasteiger partial charge >= 0.3 is 5.97 Å². The molecule has 9 heteroatoms. The van der Waals surface area contributed by atoms with Crippen molar-refractivity contribution in [2.75, 3.05) is 12.4 Å². The van der Waals surface area contributed by atoms with E-state index in [1.807, 2.05) is 12.1 Å². The number of nitrogens with zero attached hydrogens (tertiary/aromatic N) is 3. The number of carbonyl (C=O) groups is 2. The molecule has 7 nitrogen and oxygen atoms in total. The first-order chi connectivity index (χ1) is 14.3. The van der Waals surface area contributed by atoms with Crippen molar-refractivity contribution >= 4 is 49.4 Å². The van der Waals surface area contributed by atoms with Gasteiger partial charge < -0.3 is 10.4 Å². The molecule has 2 aromatic rings. The molecule has 0 spiro atoms. The number of aromatic nitrogens is 2. The van der Waals surface area contributed by atoms with Crippen molar-refractivity contribution in [1.29, 1.82) is 0 Å². The monoisotopic (exact) mass is 540 g/mol. The fraction of sp³-hybridized carbons (Fsp3) is 0.476. The van der Waals surface area contributed by atoms with Crippen LogP contribution >= 0.6 is 31.9 Å². The number of benzene rings is 1. The van der Waals surface area contributed by atoms with Crippen LogP contribution in [0.15, 0.2) is 33.3 Å². The summed E-state index contributed by atoms with van der Waals surface area (Å²) >= 11 is 7.11. The predicted octanol–water partition coefficient (Wildman–Crippen LogP) is 5.07. The molecule has 0 radical (unpaired) electrons. The second-order valence-electron chi connectivity index (χ2n) is 7.78. The third-order valence-electron chi connectivity index (χ3n) is 5.59. The van der Waals surface area contributed by atoms with E-state index in [0.717, 1.165) is 14.5 Å². The molecule has 1 unspecified atom stereocenters. The Balaban J connectivity index is 1.79. The lowest BCUT2D eigenvalue weighted by molar-refractivity contribution is -0.140. The number of aliphatic carboxylic acids is 1. The molecule has 1 aliphatic carbocycles. The van der Waals surface area contributed by atoms with Gasteiger partial charge in [0.25, 0.3) is 5.91 Å². The Hall–Kier alpha value is -1.71. The van der Waals surface area contributed by atoms with Crippen molar-refractivity contribution in [1.82, 2.24) is 14.7 Å². The molecular weight excluding hydrogens is 516 g/mol. The fourth-order valence-corrected chi connectivity index (χ4v) is 5.19. The van der Waals surface area contributed by atoms with E-state index in [9.17, 15) is 9.59 Å². The Labute approximate surface area is 193 Å². The highest BCUT2D eigenvalue weighted by atomic mass is 79.9. The number of nitrogens with one attached hydrogen (secondary N) is 1. The molecule has 0 saturated heterocycles. The maximum Gasteiger partial charge on any atom is 0.328 e. The van der Waals surface area contributed by atoms with Crippen molar-refractivity contribution in [2.24, 2.45) is 0 Å². The van der Waals surface area contributed by atoms with E-state index in [0.29, 0.717) is 18.3 Å². The van der Waals surface area contributed by atoms with Crippen LogP contribution in [0, 0.1) is 0 Å². The van der Waals surface area contributed by atoms with E-state index in [1.54, 1.807) is 0 Å². The van der Waals surface area contributed by atoms with Crippen LogP contribution in [0.2, 0.25) is 0 Å². The van der Waals surface area contributed by atoms with E-state index < -0.39 is 12.0 Å². The minimum atomic E-state index is -1.01. The maximum absolute atomic E-state index is 12.8. The van der Waals surface area contributed by atoms with Crippen LogP contribution in [0.5, 0.6) is 0 Å². The highest BCUT2D eigenvalue weighted by molar-refractivity contribution is 9.11. The second kappa shape index (κ2) is 10.1. The number of hydrogen-bond acceptors (Lipinski definition) is 4. The molecule has 1 aromatic carbocycles. The molecule has 3 rings (SSSR count). The summed E-state index contributed by atoms with van der Waals surface area (Å²) in [5.41, 5.74) is 1.87. The molecule has 1 atom stereocenters. The fourth-order valence-electron chi connectivity index (χ4n) is 3.78. The molecule has 30 heavy (non-hydrogen) atoms. The minimum Gasteiger partial charge on any atom is -0.480 e. The van der Waals surface area contributed by atoms with Crippen LogP contribution in [0.25, 0.3) is 0 Å². The predicted molar refractivity (Wildman–Crippen MR) is 123 cm³/mol. The van der Waals surface area contributed by atoms with Gasteiger partial charge in [-0.1, -0.05) is 35.2 Å². The van der Waals surface area contributed by atoms with Gasteiger partial charge in [-0.2, -0.15) is 5.10 Å². The summed E-state index contributed by atoms with van der Waals surface area (Å²) in [6.45, 7) is 2.23. The molecule has 1 heterocycles. The Kier molecular flexibility index (Phi) is 7.70. The molecule has 1 aromatic heterocycles. The summed E-state index contributed by atoms with van der Waals surface area (Å²) in [6, 6.07) is 5.14. The number of amides is 1.